The Kier molecular flexibility index (Phi) is 12.1. The van der Waals surface area contributed by atoms with Gasteiger partial charge in [0, 0.05) is 46.4 Å². The summed E-state index contributed by atoms with van der Waals surface area (Å²) in [6, 6.07) is 0. The standard InChI is InChI=1S/C20H40N4O.HI/c1-5-21-20(23(4)11-12-25-16-18-8-9-18)22-13-19-7-6-10-24(15-19)14-17(2)3;/h17-19H,5-16H2,1-4H3,(H,21,22);1H. The maximum absolute atomic E-state index is 5.77. The van der Waals surface area contributed by atoms with Crippen molar-refractivity contribution in [1.82, 2.24) is 15.1 Å². The second-order valence-corrected chi connectivity index (χ2v) is 8.30. The van der Waals surface area contributed by atoms with Gasteiger partial charge in [0.1, 0.15) is 0 Å². The number of likely N-dealkylation sites (N-methyl/N-ethyl adjacent to an activating group) is 1. The van der Waals surface area contributed by atoms with Gasteiger partial charge in [-0.15, -0.1) is 24.0 Å². The zero-order valence-electron chi connectivity index (χ0n) is 17.4. The van der Waals surface area contributed by atoms with Gasteiger partial charge >= 0.3 is 0 Å². The predicted molar refractivity (Wildman–Crippen MR) is 122 cm³/mol. The quantitative estimate of drug-likeness (QED) is 0.226. The molecule has 0 spiro atoms. The number of hydrogen-bond acceptors (Lipinski definition) is 3. The lowest BCUT2D eigenvalue weighted by molar-refractivity contribution is 0.115. The Bertz CT molecular complexity index is 401. The number of rotatable bonds is 10. The number of piperidine rings is 1. The molecule has 0 radical (unpaired) electrons. The molecule has 0 bridgehead atoms. The second-order valence-electron chi connectivity index (χ2n) is 8.30. The van der Waals surface area contributed by atoms with Crippen molar-refractivity contribution >= 4 is 29.9 Å². The summed E-state index contributed by atoms with van der Waals surface area (Å²) in [5.74, 6) is 3.31. The van der Waals surface area contributed by atoms with E-state index in [1.807, 2.05) is 0 Å². The van der Waals surface area contributed by atoms with Crippen LogP contribution in [0.2, 0.25) is 0 Å². The molecular formula is C20H41IN4O. The summed E-state index contributed by atoms with van der Waals surface area (Å²) >= 11 is 0. The van der Waals surface area contributed by atoms with Crippen LogP contribution in [0.5, 0.6) is 0 Å². The molecule has 2 fully saturated rings. The van der Waals surface area contributed by atoms with Gasteiger partial charge in [0.25, 0.3) is 0 Å². The van der Waals surface area contributed by atoms with E-state index in [4.69, 9.17) is 9.73 Å². The van der Waals surface area contributed by atoms with Crippen molar-refractivity contribution in [3.63, 3.8) is 0 Å². The highest BCUT2D eigenvalue weighted by molar-refractivity contribution is 14.0. The number of hydrogen-bond donors (Lipinski definition) is 1. The predicted octanol–water partition coefficient (Wildman–Crippen LogP) is 3.30. The number of nitrogens with zero attached hydrogens (tertiary/aromatic N) is 3. The van der Waals surface area contributed by atoms with Gasteiger partial charge in [-0.25, -0.2) is 0 Å². The summed E-state index contributed by atoms with van der Waals surface area (Å²) in [5.41, 5.74) is 0. The Morgan fingerprint density at radius 3 is 2.69 bits per heavy atom. The van der Waals surface area contributed by atoms with Gasteiger partial charge in [0.15, 0.2) is 5.96 Å². The minimum Gasteiger partial charge on any atom is -0.379 e. The summed E-state index contributed by atoms with van der Waals surface area (Å²) in [5, 5.41) is 3.43. The highest BCUT2D eigenvalue weighted by Gasteiger charge is 2.22. The molecule has 26 heavy (non-hydrogen) atoms. The molecule has 0 aromatic heterocycles. The van der Waals surface area contributed by atoms with E-state index in [1.54, 1.807) is 0 Å². The summed E-state index contributed by atoms with van der Waals surface area (Å²) in [7, 11) is 2.12. The van der Waals surface area contributed by atoms with Crippen molar-refractivity contribution in [1.29, 1.82) is 0 Å². The lowest BCUT2D eigenvalue weighted by Crippen LogP contribution is -2.42. The minimum absolute atomic E-state index is 0. The van der Waals surface area contributed by atoms with E-state index in [9.17, 15) is 0 Å². The minimum atomic E-state index is 0. The van der Waals surface area contributed by atoms with Crippen LogP contribution in [0.4, 0.5) is 0 Å². The molecule has 1 saturated carbocycles. The van der Waals surface area contributed by atoms with Crippen LogP contribution >= 0.6 is 24.0 Å². The Balaban J connectivity index is 0.00000338. The van der Waals surface area contributed by atoms with Crippen LogP contribution in [0, 0.1) is 17.8 Å². The van der Waals surface area contributed by atoms with Crippen LogP contribution in [0.25, 0.3) is 0 Å². The third-order valence-electron chi connectivity index (χ3n) is 5.04. The van der Waals surface area contributed by atoms with Gasteiger partial charge in [0.05, 0.1) is 6.61 Å². The summed E-state index contributed by atoms with van der Waals surface area (Å²) in [6.45, 7) is 14.9. The molecule has 6 heteroatoms. The van der Waals surface area contributed by atoms with Gasteiger partial charge in [-0.3, -0.25) is 4.99 Å². The van der Waals surface area contributed by atoms with Crippen molar-refractivity contribution < 1.29 is 4.74 Å². The maximum atomic E-state index is 5.77. The Labute approximate surface area is 178 Å². The summed E-state index contributed by atoms with van der Waals surface area (Å²) in [6.07, 6.45) is 5.34. The van der Waals surface area contributed by atoms with E-state index >= 15 is 0 Å². The molecule has 5 nitrogen and oxygen atoms in total. The van der Waals surface area contributed by atoms with Gasteiger partial charge in [0.2, 0.25) is 0 Å². The molecule has 1 saturated heterocycles. The van der Waals surface area contributed by atoms with E-state index < -0.39 is 0 Å². The Hall–Kier alpha value is -0.0800. The lowest BCUT2D eigenvalue weighted by atomic mass is 9.97. The Morgan fingerprint density at radius 1 is 1.27 bits per heavy atom. The monoisotopic (exact) mass is 480 g/mol. The van der Waals surface area contributed by atoms with E-state index in [0.717, 1.165) is 50.6 Å². The zero-order valence-corrected chi connectivity index (χ0v) is 19.7. The molecule has 0 aromatic carbocycles. The number of ether oxygens (including phenoxy) is 1. The number of halogens is 1. The van der Waals surface area contributed by atoms with E-state index in [0.29, 0.717) is 5.92 Å². The number of aliphatic imine (C=N–C) groups is 1. The fraction of sp³-hybridized carbons (Fsp3) is 0.950. The molecule has 1 aliphatic carbocycles. The van der Waals surface area contributed by atoms with E-state index in [-0.39, 0.29) is 24.0 Å². The van der Waals surface area contributed by atoms with E-state index in [1.165, 1.54) is 45.3 Å². The first-order valence-corrected chi connectivity index (χ1v) is 10.4. The molecule has 1 unspecified atom stereocenters. The molecule has 1 heterocycles. The first kappa shape index (κ1) is 24.0. The van der Waals surface area contributed by atoms with Crippen molar-refractivity contribution in [2.45, 2.75) is 46.5 Å². The molecule has 0 amide bonds. The normalized spacial score (nSPS) is 21.6. The molecule has 0 aromatic rings. The largest absolute Gasteiger partial charge is 0.379 e. The molecule has 154 valence electrons. The van der Waals surface area contributed by atoms with Crippen molar-refractivity contribution in [2.24, 2.45) is 22.7 Å². The van der Waals surface area contributed by atoms with E-state index in [2.05, 4.69) is 42.9 Å². The van der Waals surface area contributed by atoms with Crippen LogP contribution in [0.3, 0.4) is 0 Å². The average molecular weight is 480 g/mol. The first-order chi connectivity index (χ1) is 12.1. The molecule has 2 aliphatic rings. The van der Waals surface area contributed by atoms with Crippen molar-refractivity contribution in [3.05, 3.63) is 0 Å². The van der Waals surface area contributed by atoms with Crippen LogP contribution in [-0.2, 0) is 4.74 Å². The first-order valence-electron chi connectivity index (χ1n) is 10.4. The van der Waals surface area contributed by atoms with Gasteiger partial charge in [-0.1, -0.05) is 13.8 Å². The Morgan fingerprint density at radius 2 is 2.04 bits per heavy atom. The number of likely N-dealkylation sites (tertiary alicyclic amines) is 1. The topological polar surface area (TPSA) is 40.1 Å². The second kappa shape index (κ2) is 13.2. The molecule has 2 rings (SSSR count). The summed E-state index contributed by atoms with van der Waals surface area (Å²) in [4.78, 5) is 9.76. The third kappa shape index (κ3) is 9.74. The highest BCUT2D eigenvalue weighted by atomic mass is 127. The third-order valence-corrected chi connectivity index (χ3v) is 5.04. The highest BCUT2D eigenvalue weighted by Crippen LogP contribution is 2.28. The molecule has 1 aliphatic heterocycles. The average Bonchev–Trinajstić information content (AvgIpc) is 3.39. The molecule has 1 atom stereocenters. The van der Waals surface area contributed by atoms with Gasteiger partial charge < -0.3 is 19.9 Å². The molecular weight excluding hydrogens is 439 g/mol. The zero-order chi connectivity index (χ0) is 18.1. The van der Waals surface area contributed by atoms with Crippen LogP contribution in [0.1, 0.15) is 46.5 Å². The lowest BCUT2D eigenvalue weighted by Gasteiger charge is -2.33. The number of guanidine groups is 1. The fourth-order valence-corrected chi connectivity index (χ4v) is 3.51. The van der Waals surface area contributed by atoms with Crippen LogP contribution < -0.4 is 5.32 Å². The van der Waals surface area contributed by atoms with Gasteiger partial charge in [-0.05, 0) is 56.9 Å². The SMILES string of the molecule is CCNC(=NCC1CCCN(CC(C)C)C1)N(C)CCOCC1CC1.I. The maximum Gasteiger partial charge on any atom is 0.193 e. The smallest absolute Gasteiger partial charge is 0.193 e. The van der Waals surface area contributed by atoms with Crippen LogP contribution in [-0.4, -0.2) is 75.3 Å². The molecule has 1 N–H and O–H groups in total. The van der Waals surface area contributed by atoms with Crippen LogP contribution in [0.15, 0.2) is 4.99 Å². The van der Waals surface area contributed by atoms with Gasteiger partial charge in [-0.2, -0.15) is 0 Å². The van der Waals surface area contributed by atoms with Crippen molar-refractivity contribution in [3.8, 4) is 0 Å². The van der Waals surface area contributed by atoms with Crippen molar-refractivity contribution in [2.75, 3.05) is 59.5 Å². The number of nitrogens with one attached hydrogen (secondary N) is 1. The fourth-order valence-electron chi connectivity index (χ4n) is 3.51. The summed E-state index contributed by atoms with van der Waals surface area (Å²) < 4.78 is 5.77.